The van der Waals surface area contributed by atoms with Crippen LogP contribution in [0.4, 0.5) is 0 Å². The third-order valence-corrected chi connectivity index (χ3v) is 7.85. The van der Waals surface area contributed by atoms with Crippen LogP contribution < -0.4 is 10.9 Å². The summed E-state index contributed by atoms with van der Waals surface area (Å²) in [5.74, 6) is 1.19. The molecule has 3 aromatic rings. The van der Waals surface area contributed by atoms with Gasteiger partial charge in [0.2, 0.25) is 5.91 Å². The minimum atomic E-state index is -0.0619. The molecule has 2 heterocycles. The fourth-order valence-corrected chi connectivity index (χ4v) is 5.82. The van der Waals surface area contributed by atoms with Crippen LogP contribution in [-0.4, -0.2) is 15.9 Å². The maximum absolute atomic E-state index is 12.8. The van der Waals surface area contributed by atoms with E-state index in [1.54, 1.807) is 11.3 Å². The van der Waals surface area contributed by atoms with Crippen molar-refractivity contribution in [2.24, 2.45) is 11.3 Å². The smallest absolute Gasteiger partial charge is 0.259 e. The van der Waals surface area contributed by atoms with E-state index in [0.29, 0.717) is 31.1 Å². The molecule has 1 atom stereocenters. The average molecular weight is 452 g/mol. The van der Waals surface area contributed by atoms with E-state index in [4.69, 9.17) is 4.98 Å². The number of nitrogens with one attached hydrogen (secondary N) is 2. The van der Waals surface area contributed by atoms with Gasteiger partial charge in [-0.1, -0.05) is 52.0 Å². The van der Waals surface area contributed by atoms with Crippen LogP contribution in [-0.2, 0) is 37.0 Å². The molecule has 0 bridgehead atoms. The number of hydrogen-bond donors (Lipinski definition) is 2. The molecule has 0 saturated carbocycles. The molecule has 0 fully saturated rings. The van der Waals surface area contributed by atoms with Gasteiger partial charge in [-0.3, -0.25) is 9.59 Å². The number of carbonyl (C=O) groups is 1. The molecule has 0 saturated heterocycles. The molecule has 1 amide bonds. The lowest BCUT2D eigenvalue weighted by Gasteiger charge is -2.33. The number of H-pyrrole nitrogens is 1. The van der Waals surface area contributed by atoms with Gasteiger partial charge >= 0.3 is 0 Å². The summed E-state index contributed by atoms with van der Waals surface area (Å²) >= 11 is 1.66. The summed E-state index contributed by atoms with van der Waals surface area (Å²) in [7, 11) is 0. The van der Waals surface area contributed by atoms with Gasteiger partial charge in [-0.05, 0) is 53.7 Å². The van der Waals surface area contributed by atoms with Gasteiger partial charge in [0.15, 0.2) is 0 Å². The summed E-state index contributed by atoms with van der Waals surface area (Å²) in [4.78, 5) is 34.9. The second kappa shape index (κ2) is 9.18. The summed E-state index contributed by atoms with van der Waals surface area (Å²) in [6, 6.07) is 8.29. The van der Waals surface area contributed by atoms with Crippen LogP contribution in [0.15, 0.2) is 29.1 Å². The first-order chi connectivity index (χ1) is 15.2. The fraction of sp³-hybridized carbons (Fsp3) is 0.500. The molecule has 1 aliphatic carbocycles. The Morgan fingerprint density at radius 3 is 2.62 bits per heavy atom. The highest BCUT2D eigenvalue weighted by Gasteiger charge is 2.31. The minimum Gasteiger partial charge on any atom is -0.352 e. The summed E-state index contributed by atoms with van der Waals surface area (Å²) in [5.41, 5.74) is 3.77. The van der Waals surface area contributed by atoms with E-state index in [1.165, 1.54) is 16.0 Å². The monoisotopic (exact) mass is 451 g/mol. The van der Waals surface area contributed by atoms with E-state index in [1.807, 2.05) is 0 Å². The van der Waals surface area contributed by atoms with Gasteiger partial charge in [-0.15, -0.1) is 11.3 Å². The first-order valence-corrected chi connectivity index (χ1v) is 12.4. The van der Waals surface area contributed by atoms with Crippen LogP contribution in [0.25, 0.3) is 10.2 Å². The van der Waals surface area contributed by atoms with Crippen LogP contribution in [0.1, 0.15) is 67.9 Å². The Labute approximate surface area is 193 Å². The van der Waals surface area contributed by atoms with Gasteiger partial charge in [-0.25, -0.2) is 4.98 Å². The zero-order valence-electron chi connectivity index (χ0n) is 19.5. The van der Waals surface area contributed by atoms with E-state index in [0.717, 1.165) is 41.5 Å². The van der Waals surface area contributed by atoms with Crippen molar-refractivity contribution in [1.82, 2.24) is 15.3 Å². The predicted molar refractivity (Wildman–Crippen MR) is 131 cm³/mol. The van der Waals surface area contributed by atoms with Crippen molar-refractivity contribution < 1.29 is 4.79 Å². The van der Waals surface area contributed by atoms with E-state index < -0.39 is 0 Å². The van der Waals surface area contributed by atoms with Crippen molar-refractivity contribution in [3.05, 3.63) is 62.0 Å². The Balaban J connectivity index is 1.40. The summed E-state index contributed by atoms with van der Waals surface area (Å²) in [6.07, 6.45) is 4.83. The molecular weight excluding hydrogens is 418 g/mol. The van der Waals surface area contributed by atoms with Crippen molar-refractivity contribution in [2.45, 2.75) is 72.8 Å². The van der Waals surface area contributed by atoms with Crippen LogP contribution in [0, 0.1) is 11.3 Å². The zero-order chi connectivity index (χ0) is 22.9. The van der Waals surface area contributed by atoms with Gasteiger partial charge in [0, 0.05) is 24.3 Å². The zero-order valence-corrected chi connectivity index (χ0v) is 20.3. The molecule has 6 heteroatoms. The number of aryl methyl sites for hydroxylation is 3. The molecule has 170 valence electrons. The average Bonchev–Trinajstić information content (AvgIpc) is 3.14. The topological polar surface area (TPSA) is 74.8 Å². The largest absolute Gasteiger partial charge is 0.352 e. The summed E-state index contributed by atoms with van der Waals surface area (Å²) in [5, 5.41) is 3.73. The highest BCUT2D eigenvalue weighted by molar-refractivity contribution is 7.18. The number of aromatic nitrogens is 2. The van der Waals surface area contributed by atoms with Crippen LogP contribution in [0.3, 0.4) is 0 Å². The van der Waals surface area contributed by atoms with Crippen molar-refractivity contribution in [3.63, 3.8) is 0 Å². The number of hydrogen-bond acceptors (Lipinski definition) is 4. The van der Waals surface area contributed by atoms with E-state index in [2.05, 4.69) is 62.3 Å². The number of fused-ring (bicyclic) bond motifs is 3. The predicted octanol–water partition coefficient (Wildman–Crippen LogP) is 4.95. The number of benzene rings is 1. The Kier molecular flexibility index (Phi) is 6.52. The Hall–Kier alpha value is -2.47. The molecule has 0 radical (unpaired) electrons. The lowest BCUT2D eigenvalue weighted by Crippen LogP contribution is -2.26. The molecule has 32 heavy (non-hydrogen) atoms. The van der Waals surface area contributed by atoms with Crippen molar-refractivity contribution in [1.29, 1.82) is 0 Å². The molecule has 1 aliphatic rings. The molecule has 2 aromatic heterocycles. The van der Waals surface area contributed by atoms with Gasteiger partial charge in [0.25, 0.3) is 5.56 Å². The molecule has 2 N–H and O–H groups in total. The molecule has 5 nitrogen and oxygen atoms in total. The fourth-order valence-electron chi connectivity index (χ4n) is 4.50. The number of thiophene rings is 1. The molecule has 4 rings (SSSR count). The second-order valence-electron chi connectivity index (χ2n) is 9.95. The maximum Gasteiger partial charge on any atom is 0.259 e. The molecular formula is C26H33N3O2S. The number of amides is 1. The SMILES string of the molecule is CCc1ccc(CNC(=O)CCc2nc3sc4c(c3c(=O)[nH]2)CCC(C(C)(C)C)C4)cc1. The summed E-state index contributed by atoms with van der Waals surface area (Å²) in [6.45, 7) is 9.53. The van der Waals surface area contributed by atoms with Gasteiger partial charge in [0.05, 0.1) is 5.39 Å². The lowest BCUT2D eigenvalue weighted by atomic mass is 9.72. The number of carbonyl (C=O) groups excluding carboxylic acids is 1. The van der Waals surface area contributed by atoms with Crippen LogP contribution >= 0.6 is 11.3 Å². The third kappa shape index (κ3) is 4.96. The Bertz CT molecular complexity index is 1170. The van der Waals surface area contributed by atoms with E-state index in [-0.39, 0.29) is 16.9 Å². The summed E-state index contributed by atoms with van der Waals surface area (Å²) < 4.78 is 0. The van der Waals surface area contributed by atoms with Crippen molar-refractivity contribution in [2.75, 3.05) is 0 Å². The molecule has 1 unspecified atom stereocenters. The number of nitrogens with zero attached hydrogens (tertiary/aromatic N) is 1. The second-order valence-corrected chi connectivity index (χ2v) is 11.0. The maximum atomic E-state index is 12.8. The quantitative estimate of drug-likeness (QED) is 0.557. The van der Waals surface area contributed by atoms with E-state index >= 15 is 0 Å². The Morgan fingerprint density at radius 2 is 1.94 bits per heavy atom. The van der Waals surface area contributed by atoms with Crippen molar-refractivity contribution in [3.8, 4) is 0 Å². The molecule has 1 aromatic carbocycles. The van der Waals surface area contributed by atoms with Gasteiger partial charge in [-0.2, -0.15) is 0 Å². The van der Waals surface area contributed by atoms with Crippen molar-refractivity contribution >= 4 is 27.5 Å². The highest BCUT2D eigenvalue weighted by Crippen LogP contribution is 2.41. The molecule has 0 spiro atoms. The normalized spacial score (nSPS) is 16.2. The van der Waals surface area contributed by atoms with Crippen LogP contribution in [0.5, 0.6) is 0 Å². The number of aromatic amines is 1. The highest BCUT2D eigenvalue weighted by atomic mass is 32.1. The third-order valence-electron chi connectivity index (χ3n) is 6.70. The molecule has 0 aliphatic heterocycles. The lowest BCUT2D eigenvalue weighted by molar-refractivity contribution is -0.121. The van der Waals surface area contributed by atoms with Gasteiger partial charge in [0.1, 0.15) is 10.7 Å². The van der Waals surface area contributed by atoms with Crippen LogP contribution in [0.2, 0.25) is 0 Å². The number of rotatable bonds is 6. The van der Waals surface area contributed by atoms with Gasteiger partial charge < -0.3 is 10.3 Å². The first kappa shape index (κ1) is 22.7. The Morgan fingerprint density at radius 1 is 1.22 bits per heavy atom. The van der Waals surface area contributed by atoms with E-state index in [9.17, 15) is 9.59 Å². The standard InChI is InChI=1S/C26H33N3O2S/c1-5-16-6-8-17(9-7-16)15-27-22(30)13-12-21-28-24(31)23-19-11-10-18(26(2,3)4)14-20(19)32-25(23)29-21/h6-9,18H,5,10-15H2,1-4H3,(H,27,30)(H,28,29,31). The minimum absolute atomic E-state index is 0.0363. The first-order valence-electron chi connectivity index (χ1n) is 11.6.